The number of hydrogen-bond acceptors (Lipinski definition) is 6. The second-order valence-electron chi connectivity index (χ2n) is 5.58. The molecule has 0 saturated carbocycles. The van der Waals surface area contributed by atoms with Crippen LogP contribution in [-0.2, 0) is 6.54 Å². The molecule has 4 rings (SSSR count). The summed E-state index contributed by atoms with van der Waals surface area (Å²) >= 11 is 0. The van der Waals surface area contributed by atoms with Crippen molar-refractivity contribution in [1.82, 2.24) is 15.5 Å². The van der Waals surface area contributed by atoms with Gasteiger partial charge in [-0.2, -0.15) is 0 Å². The molecule has 3 aromatic rings. The van der Waals surface area contributed by atoms with Gasteiger partial charge in [0.1, 0.15) is 5.56 Å². The molecule has 0 spiro atoms. The summed E-state index contributed by atoms with van der Waals surface area (Å²) in [4.78, 5) is 16.7. The largest absolute Gasteiger partial charge is 0.454 e. The summed E-state index contributed by atoms with van der Waals surface area (Å²) in [6.45, 7) is 2.30. The first kappa shape index (κ1) is 15.2. The number of amides is 1. The molecule has 126 valence electrons. The van der Waals surface area contributed by atoms with Crippen LogP contribution >= 0.6 is 0 Å². The van der Waals surface area contributed by atoms with E-state index in [1.165, 1.54) is 0 Å². The van der Waals surface area contributed by atoms with Crippen LogP contribution in [0, 0.1) is 6.92 Å². The minimum Gasteiger partial charge on any atom is -0.454 e. The van der Waals surface area contributed by atoms with Crippen LogP contribution in [0.3, 0.4) is 0 Å². The van der Waals surface area contributed by atoms with Gasteiger partial charge < -0.3 is 19.3 Å². The summed E-state index contributed by atoms with van der Waals surface area (Å²) in [5.74, 6) is 1.44. The number of rotatable bonds is 4. The molecule has 0 bridgehead atoms. The Morgan fingerprint density at radius 3 is 2.96 bits per heavy atom. The molecule has 2 aromatic heterocycles. The summed E-state index contributed by atoms with van der Waals surface area (Å²) in [5, 5.41) is 6.81. The van der Waals surface area contributed by atoms with Crippen molar-refractivity contribution in [3.8, 4) is 22.8 Å². The second-order valence-corrected chi connectivity index (χ2v) is 5.58. The molecule has 0 saturated heterocycles. The number of pyridine rings is 1. The Balaban J connectivity index is 1.60. The van der Waals surface area contributed by atoms with E-state index in [-0.39, 0.29) is 12.7 Å². The number of carbonyl (C=O) groups excluding carboxylic acids is 1. The maximum Gasteiger partial charge on any atom is 0.257 e. The van der Waals surface area contributed by atoms with Crippen molar-refractivity contribution in [3.05, 3.63) is 59.5 Å². The van der Waals surface area contributed by atoms with Gasteiger partial charge in [-0.3, -0.25) is 9.78 Å². The molecule has 0 atom stereocenters. The molecule has 1 aliphatic rings. The van der Waals surface area contributed by atoms with Crippen molar-refractivity contribution in [3.63, 3.8) is 0 Å². The molecule has 0 fully saturated rings. The van der Waals surface area contributed by atoms with Gasteiger partial charge in [-0.05, 0) is 36.8 Å². The SMILES string of the molecule is Cc1noc(-c2ccc3c(c2)OCO3)c1C(=O)NCc1cccnc1. The first-order valence-electron chi connectivity index (χ1n) is 7.76. The van der Waals surface area contributed by atoms with Gasteiger partial charge in [-0.15, -0.1) is 0 Å². The van der Waals surface area contributed by atoms with Gasteiger partial charge in [0, 0.05) is 24.5 Å². The number of aryl methyl sites for hydroxylation is 1. The zero-order valence-corrected chi connectivity index (χ0v) is 13.5. The molecule has 1 amide bonds. The Hall–Kier alpha value is -3.35. The van der Waals surface area contributed by atoms with Crippen molar-refractivity contribution >= 4 is 5.91 Å². The molecule has 1 aromatic carbocycles. The smallest absolute Gasteiger partial charge is 0.257 e. The zero-order valence-electron chi connectivity index (χ0n) is 13.5. The van der Waals surface area contributed by atoms with Crippen LogP contribution in [0.2, 0.25) is 0 Å². The molecule has 7 nitrogen and oxygen atoms in total. The van der Waals surface area contributed by atoms with E-state index in [9.17, 15) is 4.79 Å². The fourth-order valence-corrected chi connectivity index (χ4v) is 2.65. The third-order valence-corrected chi connectivity index (χ3v) is 3.90. The molecule has 3 heterocycles. The van der Waals surface area contributed by atoms with E-state index in [0.29, 0.717) is 40.6 Å². The van der Waals surface area contributed by atoms with Crippen LogP contribution in [0.5, 0.6) is 11.5 Å². The molecule has 0 radical (unpaired) electrons. The van der Waals surface area contributed by atoms with Gasteiger partial charge in [0.15, 0.2) is 17.3 Å². The van der Waals surface area contributed by atoms with Gasteiger partial charge in [0.25, 0.3) is 5.91 Å². The van der Waals surface area contributed by atoms with Crippen molar-refractivity contribution in [2.45, 2.75) is 13.5 Å². The Morgan fingerprint density at radius 1 is 1.24 bits per heavy atom. The van der Waals surface area contributed by atoms with Crippen molar-refractivity contribution in [1.29, 1.82) is 0 Å². The van der Waals surface area contributed by atoms with Gasteiger partial charge in [0.2, 0.25) is 6.79 Å². The fraction of sp³-hybridized carbons (Fsp3) is 0.167. The van der Waals surface area contributed by atoms with Crippen molar-refractivity contribution < 1.29 is 18.8 Å². The average Bonchev–Trinajstić information content (AvgIpc) is 3.26. The van der Waals surface area contributed by atoms with Crippen molar-refractivity contribution in [2.75, 3.05) is 6.79 Å². The molecule has 1 aliphatic heterocycles. The lowest BCUT2D eigenvalue weighted by Gasteiger charge is -2.06. The molecular weight excluding hydrogens is 322 g/mol. The number of ether oxygens (including phenoxy) is 2. The van der Waals surface area contributed by atoms with E-state index in [1.54, 1.807) is 31.5 Å². The lowest BCUT2D eigenvalue weighted by atomic mass is 10.1. The summed E-state index contributed by atoms with van der Waals surface area (Å²) in [6, 6.07) is 9.09. The Kier molecular flexibility index (Phi) is 3.81. The van der Waals surface area contributed by atoms with Crippen LogP contribution in [0.15, 0.2) is 47.2 Å². The number of fused-ring (bicyclic) bond motifs is 1. The van der Waals surface area contributed by atoms with Crippen LogP contribution in [0.1, 0.15) is 21.6 Å². The Bertz CT molecular complexity index is 921. The van der Waals surface area contributed by atoms with E-state index >= 15 is 0 Å². The van der Waals surface area contributed by atoms with E-state index in [2.05, 4.69) is 15.5 Å². The first-order valence-corrected chi connectivity index (χ1v) is 7.76. The molecule has 0 aliphatic carbocycles. The number of nitrogens with zero attached hydrogens (tertiary/aromatic N) is 2. The first-order chi connectivity index (χ1) is 12.2. The normalized spacial score (nSPS) is 12.2. The van der Waals surface area contributed by atoms with Crippen molar-refractivity contribution in [2.24, 2.45) is 0 Å². The minimum atomic E-state index is -0.254. The maximum absolute atomic E-state index is 12.6. The highest BCUT2D eigenvalue weighted by atomic mass is 16.7. The van der Waals surface area contributed by atoms with Crippen LogP contribution in [0.4, 0.5) is 0 Å². The monoisotopic (exact) mass is 337 g/mol. The third kappa shape index (κ3) is 2.91. The second kappa shape index (κ2) is 6.27. The third-order valence-electron chi connectivity index (χ3n) is 3.90. The van der Waals surface area contributed by atoms with Crippen LogP contribution < -0.4 is 14.8 Å². The quantitative estimate of drug-likeness (QED) is 0.788. The lowest BCUT2D eigenvalue weighted by Crippen LogP contribution is -2.23. The molecule has 1 N–H and O–H groups in total. The van der Waals surface area contributed by atoms with E-state index < -0.39 is 0 Å². The number of benzene rings is 1. The van der Waals surface area contributed by atoms with Gasteiger partial charge in [0.05, 0.1) is 5.69 Å². The number of nitrogens with one attached hydrogen (secondary N) is 1. The van der Waals surface area contributed by atoms with Gasteiger partial charge in [-0.25, -0.2) is 0 Å². The highest BCUT2D eigenvalue weighted by molar-refractivity contribution is 6.00. The summed E-state index contributed by atoms with van der Waals surface area (Å²) in [5.41, 5.74) is 2.55. The van der Waals surface area contributed by atoms with Gasteiger partial charge >= 0.3 is 0 Å². The molecular formula is C18H15N3O4. The standard InChI is InChI=1S/C18H15N3O4/c1-11-16(18(22)20-9-12-3-2-6-19-8-12)17(25-21-11)13-4-5-14-15(7-13)24-10-23-14/h2-8H,9-10H2,1H3,(H,20,22). The Morgan fingerprint density at radius 2 is 2.12 bits per heavy atom. The number of carbonyl (C=O) groups is 1. The highest BCUT2D eigenvalue weighted by Crippen LogP contribution is 2.37. The van der Waals surface area contributed by atoms with Crippen LogP contribution in [-0.4, -0.2) is 22.8 Å². The molecule has 0 unspecified atom stereocenters. The summed E-state index contributed by atoms with van der Waals surface area (Å²) in [6.07, 6.45) is 3.40. The average molecular weight is 337 g/mol. The summed E-state index contributed by atoms with van der Waals surface area (Å²) < 4.78 is 16.1. The molecule has 7 heteroatoms. The zero-order chi connectivity index (χ0) is 17.2. The fourth-order valence-electron chi connectivity index (χ4n) is 2.65. The summed E-state index contributed by atoms with van der Waals surface area (Å²) in [7, 11) is 0. The highest BCUT2D eigenvalue weighted by Gasteiger charge is 2.23. The van der Waals surface area contributed by atoms with E-state index in [4.69, 9.17) is 14.0 Å². The number of hydrogen-bond donors (Lipinski definition) is 1. The van der Waals surface area contributed by atoms with Crippen LogP contribution in [0.25, 0.3) is 11.3 Å². The predicted molar refractivity (Wildman–Crippen MR) is 88.2 cm³/mol. The topological polar surface area (TPSA) is 86.5 Å². The lowest BCUT2D eigenvalue weighted by molar-refractivity contribution is 0.0950. The minimum absolute atomic E-state index is 0.187. The predicted octanol–water partition coefficient (Wildman–Crippen LogP) is 2.70. The van der Waals surface area contributed by atoms with E-state index in [1.807, 2.05) is 18.2 Å². The number of aromatic nitrogens is 2. The molecule has 25 heavy (non-hydrogen) atoms. The maximum atomic E-state index is 12.6. The Labute approximate surface area is 143 Å². The van der Waals surface area contributed by atoms with E-state index in [0.717, 1.165) is 5.56 Å². The van der Waals surface area contributed by atoms with Gasteiger partial charge in [-0.1, -0.05) is 11.2 Å².